The molecule has 2 rings (SSSR count). The van der Waals surface area contributed by atoms with Crippen molar-refractivity contribution in [3.63, 3.8) is 0 Å². The minimum atomic E-state index is -0.534. The first-order valence-corrected chi connectivity index (χ1v) is 6.55. The van der Waals surface area contributed by atoms with E-state index in [9.17, 15) is 10.1 Å². The lowest BCUT2D eigenvalue weighted by Gasteiger charge is -2.20. The molecule has 0 aliphatic heterocycles. The topological polar surface area (TPSA) is 62.1 Å². The quantitative estimate of drug-likeness (QED) is 0.938. The lowest BCUT2D eigenvalue weighted by molar-refractivity contribution is 0.168. The smallest absolute Gasteiger partial charge is 0.407 e. The minimum absolute atomic E-state index is 0.422. The number of benzene rings is 2. The van der Waals surface area contributed by atoms with Crippen LogP contribution in [0.2, 0.25) is 0 Å². The standard InChI is InChI=1S/C17H16N2O2/c1-12-7-9-13(10-8-12)16(19-17(20)21-2)15-6-4-3-5-14(15)11-18/h3-10,16H,1-2H3,(H,19,20). The summed E-state index contributed by atoms with van der Waals surface area (Å²) < 4.78 is 4.69. The first kappa shape index (κ1) is 14.6. The highest BCUT2D eigenvalue weighted by atomic mass is 16.5. The maximum Gasteiger partial charge on any atom is 0.407 e. The van der Waals surface area contributed by atoms with Crippen LogP contribution in [0.4, 0.5) is 4.79 Å². The van der Waals surface area contributed by atoms with Gasteiger partial charge in [-0.2, -0.15) is 5.26 Å². The van der Waals surface area contributed by atoms with Crippen molar-refractivity contribution in [2.75, 3.05) is 7.11 Å². The summed E-state index contributed by atoms with van der Waals surface area (Å²) in [5, 5.41) is 12.0. The van der Waals surface area contributed by atoms with E-state index in [1.54, 1.807) is 12.1 Å². The second-order valence-electron chi connectivity index (χ2n) is 4.68. The van der Waals surface area contributed by atoms with Gasteiger partial charge in [-0.1, -0.05) is 48.0 Å². The molecule has 0 saturated carbocycles. The summed E-state index contributed by atoms with van der Waals surface area (Å²) in [7, 11) is 1.32. The Labute approximate surface area is 124 Å². The molecule has 1 amide bonds. The molecule has 21 heavy (non-hydrogen) atoms. The Morgan fingerprint density at radius 2 is 1.86 bits per heavy atom. The van der Waals surface area contributed by atoms with Crippen LogP contribution in [0.5, 0.6) is 0 Å². The van der Waals surface area contributed by atoms with Crippen LogP contribution in [-0.4, -0.2) is 13.2 Å². The summed E-state index contributed by atoms with van der Waals surface area (Å²) in [6.07, 6.45) is -0.534. The number of amides is 1. The zero-order valence-corrected chi connectivity index (χ0v) is 12.0. The molecular formula is C17H16N2O2. The zero-order valence-electron chi connectivity index (χ0n) is 12.0. The van der Waals surface area contributed by atoms with E-state index < -0.39 is 12.1 Å². The SMILES string of the molecule is COC(=O)NC(c1ccc(C)cc1)c1ccccc1C#N. The fourth-order valence-corrected chi connectivity index (χ4v) is 2.13. The molecule has 1 atom stereocenters. The van der Waals surface area contributed by atoms with Crippen molar-refractivity contribution in [2.24, 2.45) is 0 Å². The third-order valence-corrected chi connectivity index (χ3v) is 3.25. The monoisotopic (exact) mass is 280 g/mol. The molecule has 0 bridgehead atoms. The lowest BCUT2D eigenvalue weighted by Crippen LogP contribution is -2.29. The van der Waals surface area contributed by atoms with E-state index in [0.717, 1.165) is 16.7 Å². The van der Waals surface area contributed by atoms with Crippen molar-refractivity contribution in [1.82, 2.24) is 5.32 Å². The number of rotatable bonds is 3. The maximum atomic E-state index is 11.6. The number of nitrogens with zero attached hydrogens (tertiary/aromatic N) is 1. The Balaban J connectivity index is 2.48. The van der Waals surface area contributed by atoms with Crippen molar-refractivity contribution in [3.8, 4) is 6.07 Å². The van der Waals surface area contributed by atoms with Gasteiger partial charge in [0.15, 0.2) is 0 Å². The van der Waals surface area contributed by atoms with Crippen molar-refractivity contribution in [1.29, 1.82) is 5.26 Å². The van der Waals surface area contributed by atoms with Gasteiger partial charge < -0.3 is 10.1 Å². The predicted molar refractivity (Wildman–Crippen MR) is 79.7 cm³/mol. The molecule has 1 N–H and O–H groups in total. The van der Waals surface area contributed by atoms with Crippen molar-refractivity contribution in [2.45, 2.75) is 13.0 Å². The van der Waals surface area contributed by atoms with E-state index in [0.29, 0.717) is 5.56 Å². The summed E-state index contributed by atoms with van der Waals surface area (Å²) in [6.45, 7) is 2.00. The Morgan fingerprint density at radius 1 is 1.19 bits per heavy atom. The van der Waals surface area contributed by atoms with Crippen LogP contribution in [0.1, 0.15) is 28.3 Å². The van der Waals surface area contributed by atoms with Gasteiger partial charge in [0.05, 0.1) is 24.8 Å². The van der Waals surface area contributed by atoms with Crippen LogP contribution in [0.3, 0.4) is 0 Å². The van der Waals surface area contributed by atoms with Gasteiger partial charge >= 0.3 is 6.09 Å². The predicted octanol–water partition coefficient (Wildman–Crippen LogP) is 3.31. The Morgan fingerprint density at radius 3 is 2.48 bits per heavy atom. The van der Waals surface area contributed by atoms with E-state index in [4.69, 9.17) is 0 Å². The van der Waals surface area contributed by atoms with Crippen LogP contribution in [0, 0.1) is 18.3 Å². The van der Waals surface area contributed by atoms with Gasteiger partial charge in [0.25, 0.3) is 0 Å². The summed E-state index contributed by atoms with van der Waals surface area (Å²) in [6, 6.07) is 16.7. The highest BCUT2D eigenvalue weighted by Gasteiger charge is 2.19. The third kappa shape index (κ3) is 3.40. The van der Waals surface area contributed by atoms with Gasteiger partial charge in [-0.15, -0.1) is 0 Å². The molecule has 4 heteroatoms. The molecule has 0 aliphatic carbocycles. The number of carbonyl (C=O) groups excluding carboxylic acids is 1. The molecule has 0 aliphatic rings. The van der Waals surface area contributed by atoms with Crippen molar-refractivity contribution in [3.05, 3.63) is 70.8 Å². The van der Waals surface area contributed by atoms with Gasteiger partial charge in [-0.25, -0.2) is 4.79 Å². The number of carbonyl (C=O) groups is 1. The number of alkyl carbamates (subject to hydrolysis) is 1. The fraction of sp³-hybridized carbons (Fsp3) is 0.176. The Kier molecular flexibility index (Phi) is 4.57. The third-order valence-electron chi connectivity index (χ3n) is 3.25. The highest BCUT2D eigenvalue weighted by Crippen LogP contribution is 2.25. The van der Waals surface area contributed by atoms with Crippen LogP contribution < -0.4 is 5.32 Å². The fourth-order valence-electron chi connectivity index (χ4n) is 2.13. The van der Waals surface area contributed by atoms with Crippen LogP contribution in [0.25, 0.3) is 0 Å². The van der Waals surface area contributed by atoms with Gasteiger partial charge in [0, 0.05) is 0 Å². The largest absolute Gasteiger partial charge is 0.453 e. The zero-order chi connectivity index (χ0) is 15.2. The van der Waals surface area contributed by atoms with Crippen LogP contribution in [-0.2, 0) is 4.74 Å². The number of aryl methyl sites for hydroxylation is 1. The number of hydrogen-bond acceptors (Lipinski definition) is 3. The van der Waals surface area contributed by atoms with Gasteiger partial charge in [0.1, 0.15) is 0 Å². The van der Waals surface area contributed by atoms with Gasteiger partial charge in [-0.05, 0) is 24.1 Å². The average molecular weight is 280 g/mol. The van der Waals surface area contributed by atoms with Crippen molar-refractivity contribution >= 4 is 6.09 Å². The molecule has 4 nitrogen and oxygen atoms in total. The van der Waals surface area contributed by atoms with E-state index >= 15 is 0 Å². The number of nitrogens with one attached hydrogen (secondary N) is 1. The van der Waals surface area contributed by atoms with E-state index in [1.165, 1.54) is 7.11 Å². The molecule has 106 valence electrons. The van der Waals surface area contributed by atoms with Crippen molar-refractivity contribution < 1.29 is 9.53 Å². The molecule has 2 aromatic rings. The molecule has 0 saturated heterocycles. The summed E-state index contributed by atoms with van der Waals surface area (Å²) in [5.41, 5.74) is 3.30. The molecule has 1 unspecified atom stereocenters. The summed E-state index contributed by atoms with van der Waals surface area (Å²) in [5.74, 6) is 0. The first-order valence-electron chi connectivity index (χ1n) is 6.55. The lowest BCUT2D eigenvalue weighted by atomic mass is 9.94. The number of ether oxygens (including phenoxy) is 1. The number of hydrogen-bond donors (Lipinski definition) is 1. The molecule has 0 aromatic heterocycles. The van der Waals surface area contributed by atoms with Gasteiger partial charge in [0.2, 0.25) is 0 Å². The van der Waals surface area contributed by atoms with Crippen LogP contribution in [0.15, 0.2) is 48.5 Å². The van der Waals surface area contributed by atoms with E-state index in [-0.39, 0.29) is 0 Å². The Bertz CT molecular complexity index is 672. The van der Waals surface area contributed by atoms with Crippen LogP contribution >= 0.6 is 0 Å². The summed E-state index contributed by atoms with van der Waals surface area (Å²) >= 11 is 0. The van der Waals surface area contributed by atoms with E-state index in [2.05, 4.69) is 16.1 Å². The molecular weight excluding hydrogens is 264 g/mol. The average Bonchev–Trinajstić information content (AvgIpc) is 2.53. The second-order valence-corrected chi connectivity index (χ2v) is 4.68. The normalized spacial score (nSPS) is 11.3. The van der Waals surface area contributed by atoms with Gasteiger partial charge in [-0.3, -0.25) is 0 Å². The number of nitriles is 1. The summed E-state index contributed by atoms with van der Waals surface area (Å²) in [4.78, 5) is 11.6. The molecule has 0 spiro atoms. The highest BCUT2D eigenvalue weighted by molar-refractivity contribution is 5.69. The van der Waals surface area contributed by atoms with E-state index in [1.807, 2.05) is 43.3 Å². The number of methoxy groups -OCH3 is 1. The Hall–Kier alpha value is -2.80. The first-order chi connectivity index (χ1) is 10.2. The minimum Gasteiger partial charge on any atom is -0.453 e. The molecule has 2 aromatic carbocycles. The molecule has 0 radical (unpaired) electrons. The molecule has 0 fully saturated rings. The maximum absolute atomic E-state index is 11.6. The molecule has 0 heterocycles. The second kappa shape index (κ2) is 6.58.